The Balaban J connectivity index is 1.84. The summed E-state index contributed by atoms with van der Waals surface area (Å²) >= 11 is 0. The van der Waals surface area contributed by atoms with E-state index in [0.29, 0.717) is 24.6 Å². The number of carbonyl (C=O) groups excluding carboxylic acids is 1. The third-order valence-electron chi connectivity index (χ3n) is 3.61. The third kappa shape index (κ3) is 5.71. The molecular formula is C16H23FN2O2. The van der Waals surface area contributed by atoms with Crippen molar-refractivity contribution in [1.29, 1.82) is 0 Å². The predicted octanol–water partition coefficient (Wildman–Crippen LogP) is 2.01. The molecule has 21 heavy (non-hydrogen) atoms. The number of nitrogens with one attached hydrogen (secondary N) is 1. The first kappa shape index (κ1) is 15.8. The molecule has 1 amide bonds. The molecule has 3 N–H and O–H groups in total. The Morgan fingerprint density at radius 1 is 1.48 bits per heavy atom. The topological polar surface area (TPSA) is 64.3 Å². The van der Waals surface area contributed by atoms with E-state index in [0.717, 1.165) is 12.0 Å². The summed E-state index contributed by atoms with van der Waals surface area (Å²) in [5.41, 5.74) is 6.66. The Morgan fingerprint density at radius 3 is 2.90 bits per heavy atom. The maximum atomic E-state index is 13.5. The van der Waals surface area contributed by atoms with Gasteiger partial charge in [-0.2, -0.15) is 0 Å². The van der Waals surface area contributed by atoms with Crippen LogP contribution in [0.3, 0.4) is 0 Å². The first-order chi connectivity index (χ1) is 10.1. The largest absolute Gasteiger partial charge is 0.484 e. The maximum Gasteiger partial charge on any atom is 0.257 e. The van der Waals surface area contributed by atoms with Gasteiger partial charge in [-0.1, -0.05) is 6.92 Å². The highest BCUT2D eigenvalue weighted by molar-refractivity contribution is 5.77. The molecule has 1 unspecified atom stereocenters. The smallest absolute Gasteiger partial charge is 0.257 e. The van der Waals surface area contributed by atoms with Gasteiger partial charge in [0.1, 0.15) is 11.6 Å². The highest BCUT2D eigenvalue weighted by Gasteiger charge is 2.21. The Bertz CT molecular complexity index is 489. The normalized spacial score (nSPS) is 15.6. The Kier molecular flexibility index (Phi) is 5.56. The van der Waals surface area contributed by atoms with E-state index in [-0.39, 0.29) is 24.4 Å². The van der Waals surface area contributed by atoms with Crippen LogP contribution in [-0.4, -0.2) is 25.1 Å². The summed E-state index contributed by atoms with van der Waals surface area (Å²) in [5, 5.41) is 2.81. The van der Waals surface area contributed by atoms with Crippen LogP contribution in [0.5, 0.6) is 5.75 Å². The minimum absolute atomic E-state index is 0.00138. The van der Waals surface area contributed by atoms with Crippen molar-refractivity contribution in [3.63, 3.8) is 0 Å². The van der Waals surface area contributed by atoms with E-state index in [1.54, 1.807) is 6.07 Å². The molecule has 1 aliphatic rings. The van der Waals surface area contributed by atoms with Crippen LogP contribution in [-0.2, 0) is 11.2 Å². The van der Waals surface area contributed by atoms with Crippen LogP contribution in [0.1, 0.15) is 31.7 Å². The van der Waals surface area contributed by atoms with Gasteiger partial charge in [0, 0.05) is 18.7 Å². The van der Waals surface area contributed by atoms with Gasteiger partial charge in [-0.05, 0) is 49.3 Å². The van der Waals surface area contributed by atoms with Crippen molar-refractivity contribution in [2.75, 3.05) is 13.2 Å². The van der Waals surface area contributed by atoms with Crippen molar-refractivity contribution in [1.82, 2.24) is 5.32 Å². The summed E-state index contributed by atoms with van der Waals surface area (Å²) in [4.78, 5) is 11.6. The second kappa shape index (κ2) is 7.41. The van der Waals surface area contributed by atoms with Gasteiger partial charge in [0.2, 0.25) is 0 Å². The van der Waals surface area contributed by atoms with Gasteiger partial charge >= 0.3 is 0 Å². The fourth-order valence-corrected chi connectivity index (χ4v) is 2.05. The lowest BCUT2D eigenvalue weighted by Gasteiger charge is -2.11. The first-order valence-electron chi connectivity index (χ1n) is 7.51. The molecule has 0 bridgehead atoms. The van der Waals surface area contributed by atoms with Gasteiger partial charge in [-0.15, -0.1) is 0 Å². The molecule has 1 saturated carbocycles. The molecule has 4 nitrogen and oxygen atoms in total. The van der Waals surface area contributed by atoms with Crippen LogP contribution < -0.4 is 15.8 Å². The van der Waals surface area contributed by atoms with Crippen molar-refractivity contribution in [3.8, 4) is 5.75 Å². The van der Waals surface area contributed by atoms with E-state index in [1.807, 2.05) is 6.92 Å². The average molecular weight is 294 g/mol. The summed E-state index contributed by atoms with van der Waals surface area (Å²) in [6, 6.07) is 4.48. The fraction of sp³-hybridized carbons (Fsp3) is 0.562. The van der Waals surface area contributed by atoms with E-state index >= 15 is 0 Å². The van der Waals surface area contributed by atoms with E-state index in [9.17, 15) is 9.18 Å². The van der Waals surface area contributed by atoms with Gasteiger partial charge in [-0.25, -0.2) is 4.39 Å². The highest BCUT2D eigenvalue weighted by Crippen LogP contribution is 2.27. The number of carbonyl (C=O) groups is 1. The number of rotatable bonds is 8. The Hall–Kier alpha value is -1.62. The highest BCUT2D eigenvalue weighted by atomic mass is 19.1. The zero-order chi connectivity index (χ0) is 15.2. The van der Waals surface area contributed by atoms with Crippen LogP contribution in [0.4, 0.5) is 4.39 Å². The fourth-order valence-electron chi connectivity index (χ4n) is 2.05. The molecule has 2 rings (SSSR count). The molecule has 1 aromatic rings. The molecule has 1 aromatic carbocycles. The van der Waals surface area contributed by atoms with Gasteiger partial charge < -0.3 is 15.8 Å². The molecule has 0 spiro atoms. The number of halogens is 1. The second-order valence-corrected chi connectivity index (χ2v) is 5.70. The Labute approximate surface area is 124 Å². The average Bonchev–Trinajstić information content (AvgIpc) is 3.26. The molecule has 0 aromatic heterocycles. The lowest BCUT2D eigenvalue weighted by atomic mass is 10.0. The van der Waals surface area contributed by atoms with E-state index in [4.69, 9.17) is 10.5 Å². The van der Waals surface area contributed by atoms with E-state index in [1.165, 1.54) is 25.0 Å². The van der Waals surface area contributed by atoms with Crippen LogP contribution in [0.25, 0.3) is 0 Å². The number of hydrogen-bond acceptors (Lipinski definition) is 3. The summed E-state index contributed by atoms with van der Waals surface area (Å²) < 4.78 is 18.9. The van der Waals surface area contributed by atoms with Crippen LogP contribution in [0, 0.1) is 11.7 Å². The van der Waals surface area contributed by atoms with Crippen molar-refractivity contribution in [2.45, 2.75) is 38.6 Å². The molecular weight excluding hydrogens is 271 g/mol. The second-order valence-electron chi connectivity index (χ2n) is 5.70. The Morgan fingerprint density at radius 2 is 2.24 bits per heavy atom. The summed E-state index contributed by atoms with van der Waals surface area (Å²) in [6.07, 6.45) is 3.80. The molecule has 0 radical (unpaired) electrons. The zero-order valence-corrected chi connectivity index (χ0v) is 12.4. The van der Waals surface area contributed by atoms with Crippen molar-refractivity contribution in [2.24, 2.45) is 11.7 Å². The van der Waals surface area contributed by atoms with Gasteiger partial charge in [-0.3, -0.25) is 4.79 Å². The molecule has 5 heteroatoms. The van der Waals surface area contributed by atoms with Crippen LogP contribution in [0.15, 0.2) is 18.2 Å². The third-order valence-corrected chi connectivity index (χ3v) is 3.61. The first-order valence-corrected chi connectivity index (χ1v) is 7.51. The lowest BCUT2D eigenvalue weighted by Crippen LogP contribution is -2.30. The number of ether oxygens (including phenoxy) is 1. The molecule has 0 saturated heterocycles. The number of benzene rings is 1. The minimum Gasteiger partial charge on any atom is -0.484 e. The van der Waals surface area contributed by atoms with Crippen LogP contribution >= 0.6 is 0 Å². The standard InChI is InChI=1S/C16H23FN2O2/c1-2-14(18)6-12-5-13(17)8-15(7-12)21-10-16(20)19-9-11-3-4-11/h5,7-8,11,14H,2-4,6,9-10,18H2,1H3,(H,19,20). The SMILES string of the molecule is CCC(N)Cc1cc(F)cc(OCC(=O)NCC2CC2)c1. The predicted molar refractivity (Wildman–Crippen MR) is 79.6 cm³/mol. The molecule has 1 aliphatic carbocycles. The minimum atomic E-state index is -0.371. The molecule has 0 aliphatic heterocycles. The van der Waals surface area contributed by atoms with E-state index < -0.39 is 0 Å². The zero-order valence-electron chi connectivity index (χ0n) is 12.4. The number of hydrogen-bond donors (Lipinski definition) is 2. The molecule has 0 heterocycles. The van der Waals surface area contributed by atoms with Gasteiger partial charge in [0.15, 0.2) is 6.61 Å². The quantitative estimate of drug-likeness (QED) is 0.771. The van der Waals surface area contributed by atoms with Crippen LogP contribution in [0.2, 0.25) is 0 Å². The van der Waals surface area contributed by atoms with Gasteiger partial charge in [0.25, 0.3) is 5.91 Å². The van der Waals surface area contributed by atoms with Crippen molar-refractivity contribution >= 4 is 5.91 Å². The van der Waals surface area contributed by atoms with Gasteiger partial charge in [0.05, 0.1) is 0 Å². The lowest BCUT2D eigenvalue weighted by molar-refractivity contribution is -0.123. The summed E-state index contributed by atoms with van der Waals surface area (Å²) in [7, 11) is 0. The summed E-state index contributed by atoms with van der Waals surface area (Å²) in [6.45, 7) is 2.61. The molecule has 1 atom stereocenters. The van der Waals surface area contributed by atoms with E-state index in [2.05, 4.69) is 5.32 Å². The molecule has 1 fully saturated rings. The number of nitrogens with two attached hydrogens (primary N) is 1. The van der Waals surface area contributed by atoms with Crippen molar-refractivity contribution < 1.29 is 13.9 Å². The number of amides is 1. The molecule has 116 valence electrons. The summed E-state index contributed by atoms with van der Waals surface area (Å²) in [5.74, 6) is 0.460. The van der Waals surface area contributed by atoms with Crippen molar-refractivity contribution in [3.05, 3.63) is 29.6 Å². The monoisotopic (exact) mass is 294 g/mol. The maximum absolute atomic E-state index is 13.5.